The molecule has 0 amide bonds. The van der Waals surface area contributed by atoms with Crippen LogP contribution in [0.25, 0.3) is 11.1 Å². The fourth-order valence-electron chi connectivity index (χ4n) is 2.59. The predicted molar refractivity (Wildman–Crippen MR) is 87.0 cm³/mol. The molecule has 5 heteroatoms. The molecule has 0 radical (unpaired) electrons. The summed E-state index contributed by atoms with van der Waals surface area (Å²) in [4.78, 5) is 11.1. The van der Waals surface area contributed by atoms with Crippen LogP contribution in [0.15, 0.2) is 24.3 Å². The second-order valence-electron chi connectivity index (χ2n) is 5.81. The molecule has 2 rings (SSSR count). The van der Waals surface area contributed by atoms with Crippen LogP contribution in [-0.2, 0) is 0 Å². The monoisotopic (exact) mass is 319 g/mol. The van der Waals surface area contributed by atoms with Gasteiger partial charge in [0.15, 0.2) is 0 Å². The number of hydrogen-bond acceptors (Lipinski definition) is 2. The summed E-state index contributed by atoms with van der Waals surface area (Å²) in [6.07, 6.45) is 0. The zero-order valence-electron chi connectivity index (χ0n) is 13.5. The number of carboxylic acids is 1. The van der Waals surface area contributed by atoms with Crippen molar-refractivity contribution in [3.05, 3.63) is 52.6 Å². The highest BCUT2D eigenvalue weighted by atomic mass is 19.1. The van der Waals surface area contributed by atoms with Crippen LogP contribution in [0, 0.1) is 25.5 Å². The van der Waals surface area contributed by atoms with Crippen LogP contribution in [0.4, 0.5) is 14.5 Å². The van der Waals surface area contributed by atoms with Gasteiger partial charge in [0, 0.05) is 22.9 Å². The lowest BCUT2D eigenvalue weighted by Gasteiger charge is -2.15. The van der Waals surface area contributed by atoms with Crippen LogP contribution in [0.5, 0.6) is 0 Å². The summed E-state index contributed by atoms with van der Waals surface area (Å²) in [6.45, 7) is 6.67. The number of rotatable bonds is 4. The maximum Gasteiger partial charge on any atom is 0.339 e. The summed E-state index contributed by atoms with van der Waals surface area (Å²) in [5, 5.41) is 12.3. The average Bonchev–Trinajstić information content (AvgIpc) is 2.46. The average molecular weight is 319 g/mol. The van der Waals surface area contributed by atoms with Crippen molar-refractivity contribution >= 4 is 11.7 Å². The Labute approximate surface area is 134 Å². The third kappa shape index (κ3) is 3.18. The lowest BCUT2D eigenvalue weighted by atomic mass is 9.93. The van der Waals surface area contributed by atoms with Gasteiger partial charge in [0.2, 0.25) is 0 Å². The van der Waals surface area contributed by atoms with Crippen molar-refractivity contribution in [2.45, 2.75) is 33.7 Å². The molecule has 0 bridgehead atoms. The summed E-state index contributed by atoms with van der Waals surface area (Å²) >= 11 is 0. The SMILES string of the molecule is Cc1c(F)c(-c2ccc(NC(C)C)cc2)c(C)c(F)c1C(=O)O. The first-order valence-electron chi connectivity index (χ1n) is 7.32. The van der Waals surface area contributed by atoms with Gasteiger partial charge in [-0.3, -0.25) is 0 Å². The Balaban J connectivity index is 2.58. The second kappa shape index (κ2) is 6.36. The highest BCUT2D eigenvalue weighted by molar-refractivity contribution is 5.91. The lowest BCUT2D eigenvalue weighted by molar-refractivity contribution is 0.0690. The van der Waals surface area contributed by atoms with Gasteiger partial charge in [-0.05, 0) is 51.0 Å². The number of hydrogen-bond donors (Lipinski definition) is 2. The van der Waals surface area contributed by atoms with E-state index in [1.54, 1.807) is 24.3 Å². The Morgan fingerprint density at radius 3 is 2.09 bits per heavy atom. The molecule has 0 aromatic heterocycles. The standard InChI is InChI=1S/C18H19F2NO2/c1-9(2)21-13-7-5-12(6-8-13)14-10(3)17(20)15(18(22)23)11(4)16(14)19/h5-9,21H,1-4H3,(H,22,23). The predicted octanol–water partition coefficient (Wildman–Crippen LogP) is 4.77. The number of anilines is 1. The van der Waals surface area contributed by atoms with E-state index in [0.29, 0.717) is 5.56 Å². The summed E-state index contributed by atoms with van der Waals surface area (Å²) in [5.41, 5.74) is 0.674. The molecule has 0 unspecified atom stereocenters. The molecule has 2 aromatic rings. The highest BCUT2D eigenvalue weighted by Gasteiger charge is 2.24. The Bertz CT molecular complexity index is 724. The number of halogens is 2. The molecule has 0 saturated carbocycles. The van der Waals surface area contributed by atoms with Gasteiger partial charge in [-0.1, -0.05) is 12.1 Å². The molecule has 0 aliphatic rings. The van der Waals surface area contributed by atoms with E-state index in [1.807, 2.05) is 13.8 Å². The van der Waals surface area contributed by atoms with Crippen molar-refractivity contribution in [1.82, 2.24) is 0 Å². The Morgan fingerprint density at radius 1 is 1.04 bits per heavy atom. The van der Waals surface area contributed by atoms with E-state index in [2.05, 4.69) is 5.32 Å². The molecule has 0 atom stereocenters. The summed E-state index contributed by atoms with van der Waals surface area (Å²) in [6, 6.07) is 7.21. The summed E-state index contributed by atoms with van der Waals surface area (Å²) in [5.74, 6) is -3.06. The van der Waals surface area contributed by atoms with Crippen molar-refractivity contribution in [1.29, 1.82) is 0 Å². The van der Waals surface area contributed by atoms with Gasteiger partial charge in [-0.2, -0.15) is 0 Å². The number of aromatic carboxylic acids is 1. The van der Waals surface area contributed by atoms with E-state index in [9.17, 15) is 13.6 Å². The molecule has 23 heavy (non-hydrogen) atoms. The van der Waals surface area contributed by atoms with Gasteiger partial charge < -0.3 is 10.4 Å². The molecule has 2 N–H and O–H groups in total. The molecule has 2 aromatic carbocycles. The topological polar surface area (TPSA) is 49.3 Å². The van der Waals surface area contributed by atoms with Crippen LogP contribution < -0.4 is 5.32 Å². The van der Waals surface area contributed by atoms with E-state index in [0.717, 1.165) is 5.69 Å². The third-order valence-corrected chi connectivity index (χ3v) is 3.69. The molecule has 0 aliphatic heterocycles. The fourth-order valence-corrected chi connectivity index (χ4v) is 2.59. The first-order chi connectivity index (χ1) is 10.7. The zero-order chi connectivity index (χ0) is 17.3. The Morgan fingerprint density at radius 2 is 1.61 bits per heavy atom. The van der Waals surface area contributed by atoms with E-state index in [4.69, 9.17) is 5.11 Å². The zero-order valence-corrected chi connectivity index (χ0v) is 13.5. The molecule has 0 fully saturated rings. The first-order valence-corrected chi connectivity index (χ1v) is 7.32. The van der Waals surface area contributed by atoms with Crippen LogP contribution in [0.3, 0.4) is 0 Å². The van der Waals surface area contributed by atoms with Gasteiger partial charge in [-0.15, -0.1) is 0 Å². The molecular weight excluding hydrogens is 300 g/mol. The normalized spacial score (nSPS) is 10.9. The maximum absolute atomic E-state index is 14.6. The largest absolute Gasteiger partial charge is 0.478 e. The number of carbonyl (C=O) groups is 1. The smallest absolute Gasteiger partial charge is 0.339 e. The molecule has 0 spiro atoms. The van der Waals surface area contributed by atoms with Crippen molar-refractivity contribution < 1.29 is 18.7 Å². The van der Waals surface area contributed by atoms with Crippen LogP contribution in [0.2, 0.25) is 0 Å². The molecular formula is C18H19F2NO2. The lowest BCUT2D eigenvalue weighted by Crippen LogP contribution is -2.10. The van der Waals surface area contributed by atoms with Gasteiger partial charge in [-0.25, -0.2) is 13.6 Å². The van der Waals surface area contributed by atoms with Crippen LogP contribution in [0.1, 0.15) is 35.3 Å². The van der Waals surface area contributed by atoms with Crippen LogP contribution in [-0.4, -0.2) is 17.1 Å². The van der Waals surface area contributed by atoms with E-state index in [1.165, 1.54) is 13.8 Å². The minimum atomic E-state index is -1.47. The minimum absolute atomic E-state index is 0.00457. The fraction of sp³-hybridized carbons (Fsp3) is 0.278. The van der Waals surface area contributed by atoms with E-state index in [-0.39, 0.29) is 22.7 Å². The highest BCUT2D eigenvalue weighted by Crippen LogP contribution is 2.33. The van der Waals surface area contributed by atoms with Crippen molar-refractivity contribution in [2.75, 3.05) is 5.32 Å². The number of nitrogens with one attached hydrogen (secondary N) is 1. The summed E-state index contributed by atoms with van der Waals surface area (Å²) in [7, 11) is 0. The number of benzene rings is 2. The van der Waals surface area contributed by atoms with Crippen LogP contribution >= 0.6 is 0 Å². The summed E-state index contributed by atoms with van der Waals surface area (Å²) < 4.78 is 28.9. The molecule has 0 aliphatic carbocycles. The molecule has 3 nitrogen and oxygen atoms in total. The first kappa shape index (κ1) is 16.9. The van der Waals surface area contributed by atoms with E-state index < -0.39 is 23.2 Å². The maximum atomic E-state index is 14.6. The van der Waals surface area contributed by atoms with Gasteiger partial charge in [0.05, 0.1) is 0 Å². The Hall–Kier alpha value is -2.43. The van der Waals surface area contributed by atoms with Crippen molar-refractivity contribution in [3.63, 3.8) is 0 Å². The number of carboxylic acid groups (broad SMARTS) is 1. The van der Waals surface area contributed by atoms with E-state index >= 15 is 0 Å². The van der Waals surface area contributed by atoms with Gasteiger partial charge >= 0.3 is 5.97 Å². The van der Waals surface area contributed by atoms with Crippen molar-refractivity contribution in [3.8, 4) is 11.1 Å². The van der Waals surface area contributed by atoms with Gasteiger partial charge in [0.1, 0.15) is 17.2 Å². The Kier molecular flexibility index (Phi) is 4.68. The molecule has 0 saturated heterocycles. The second-order valence-corrected chi connectivity index (χ2v) is 5.81. The minimum Gasteiger partial charge on any atom is -0.478 e. The third-order valence-electron chi connectivity index (χ3n) is 3.69. The van der Waals surface area contributed by atoms with Crippen molar-refractivity contribution in [2.24, 2.45) is 0 Å². The molecule has 122 valence electrons. The quantitative estimate of drug-likeness (QED) is 0.853. The molecule has 0 heterocycles. The van der Waals surface area contributed by atoms with Gasteiger partial charge in [0.25, 0.3) is 0 Å².